The Kier molecular flexibility index (Phi) is 9.46. The van der Waals surface area contributed by atoms with Gasteiger partial charge >= 0.3 is 0 Å². The molecule has 1 heterocycles. The highest BCUT2D eigenvalue weighted by Crippen LogP contribution is 2.37. The number of unbranched alkanes of at least 4 members (excludes halogenated alkanes) is 5. The first kappa shape index (κ1) is 24.2. The minimum atomic E-state index is 0.887. The van der Waals surface area contributed by atoms with E-state index < -0.39 is 0 Å². The zero-order chi connectivity index (χ0) is 22.8. The number of hydrogen-bond donors (Lipinski definition) is 0. The second kappa shape index (κ2) is 12.5. The average molecular weight is 429 g/mol. The molecule has 32 heavy (non-hydrogen) atoms. The third-order valence-corrected chi connectivity index (χ3v) is 6.47. The number of rotatable bonds is 13. The molecule has 0 unspecified atom stereocenters. The number of aryl methyl sites for hydroxylation is 2. The topological polar surface area (TPSA) is 25.3 Å². The Morgan fingerprint density at radius 3 is 1.59 bits per heavy atom. The van der Waals surface area contributed by atoms with E-state index in [1.165, 1.54) is 59.9 Å². The van der Waals surface area contributed by atoms with Gasteiger partial charge in [-0.25, -0.2) is 4.70 Å². The molecule has 0 aromatic heterocycles. The Labute approximate surface area is 195 Å². The molecule has 0 saturated carbocycles. The molecule has 2 aromatic carbocycles. The van der Waals surface area contributed by atoms with Gasteiger partial charge in [0.1, 0.15) is 0 Å². The van der Waals surface area contributed by atoms with Gasteiger partial charge in [0.05, 0.1) is 0 Å². The van der Waals surface area contributed by atoms with Crippen LogP contribution in [0.1, 0.15) is 101 Å². The van der Waals surface area contributed by atoms with Crippen LogP contribution in [-0.4, -0.2) is 4.70 Å². The summed E-state index contributed by atoms with van der Waals surface area (Å²) < 4.78 is 1.42. The highest BCUT2D eigenvalue weighted by atomic mass is 15.2. The Bertz CT molecular complexity index is 930. The van der Waals surface area contributed by atoms with Crippen LogP contribution < -0.4 is 0 Å². The lowest BCUT2D eigenvalue weighted by atomic mass is 10.0. The number of benzene rings is 2. The molecule has 0 bridgehead atoms. The maximum atomic E-state index is 11.2. The SMILES string of the molecule is CCCCCc1ccc(C2=CC(CCCC)=C(c3ccc(CCCCC)cc3)[N+]2=[N-])cc1. The highest BCUT2D eigenvalue weighted by molar-refractivity contribution is 5.78. The van der Waals surface area contributed by atoms with Crippen molar-refractivity contribution in [3.63, 3.8) is 0 Å². The van der Waals surface area contributed by atoms with Crippen molar-refractivity contribution in [1.29, 1.82) is 0 Å². The van der Waals surface area contributed by atoms with E-state index in [1.807, 2.05) is 0 Å². The summed E-state index contributed by atoms with van der Waals surface area (Å²) in [5, 5.41) is 0. The first-order valence-electron chi connectivity index (χ1n) is 12.8. The van der Waals surface area contributed by atoms with Gasteiger partial charge in [0.2, 0.25) is 11.4 Å². The summed E-state index contributed by atoms with van der Waals surface area (Å²) >= 11 is 0. The molecule has 2 heteroatoms. The molecule has 2 aromatic rings. The van der Waals surface area contributed by atoms with E-state index in [0.29, 0.717) is 0 Å². The second-order valence-electron chi connectivity index (χ2n) is 9.13. The molecule has 170 valence electrons. The number of allylic oxidation sites excluding steroid dienone is 2. The quantitative estimate of drug-likeness (QED) is 0.224. The van der Waals surface area contributed by atoms with Crippen LogP contribution in [0.5, 0.6) is 0 Å². The van der Waals surface area contributed by atoms with E-state index >= 15 is 0 Å². The van der Waals surface area contributed by atoms with E-state index in [4.69, 9.17) is 0 Å². The van der Waals surface area contributed by atoms with E-state index in [-0.39, 0.29) is 0 Å². The summed E-state index contributed by atoms with van der Waals surface area (Å²) in [6.45, 7) is 6.71. The summed E-state index contributed by atoms with van der Waals surface area (Å²) in [4.78, 5) is 0. The fourth-order valence-electron chi connectivity index (χ4n) is 4.45. The maximum Gasteiger partial charge on any atom is 0.210 e. The Morgan fingerprint density at radius 2 is 1.09 bits per heavy atom. The first-order chi connectivity index (χ1) is 15.7. The van der Waals surface area contributed by atoms with Crippen LogP contribution in [0.3, 0.4) is 0 Å². The molecular formula is C30H40N2. The zero-order valence-corrected chi connectivity index (χ0v) is 20.4. The van der Waals surface area contributed by atoms with E-state index in [0.717, 1.165) is 54.6 Å². The first-order valence-corrected chi connectivity index (χ1v) is 12.8. The average Bonchev–Trinajstić information content (AvgIpc) is 3.15. The van der Waals surface area contributed by atoms with Crippen LogP contribution in [0.25, 0.3) is 16.9 Å². The maximum absolute atomic E-state index is 11.2. The Hall–Kier alpha value is -2.48. The van der Waals surface area contributed by atoms with Crippen LogP contribution in [-0.2, 0) is 12.8 Å². The van der Waals surface area contributed by atoms with E-state index in [9.17, 15) is 5.53 Å². The lowest BCUT2D eigenvalue weighted by molar-refractivity contribution is -0.344. The summed E-state index contributed by atoms with van der Waals surface area (Å²) in [5.41, 5.74) is 19.2. The molecule has 0 N–H and O–H groups in total. The third kappa shape index (κ3) is 6.28. The monoisotopic (exact) mass is 428 g/mol. The summed E-state index contributed by atoms with van der Waals surface area (Å²) in [6, 6.07) is 17.6. The van der Waals surface area contributed by atoms with Crippen molar-refractivity contribution in [2.45, 2.75) is 91.4 Å². The standard InChI is InChI=1S/C30H40N2/c1-4-7-10-12-24-15-19-26(20-16-24)29-23-28(14-9-6-3)30(32(29)31)27-21-17-25(18-22-27)13-11-8-5-2/h15-23H,4-14H2,1-3H3. The summed E-state index contributed by atoms with van der Waals surface area (Å²) in [5.74, 6) is 0. The highest BCUT2D eigenvalue weighted by Gasteiger charge is 2.28. The fraction of sp³-hybridized carbons (Fsp3) is 0.467. The van der Waals surface area contributed by atoms with Crippen molar-refractivity contribution in [1.82, 2.24) is 0 Å². The van der Waals surface area contributed by atoms with Gasteiger partial charge in [-0.3, -0.25) is 0 Å². The molecule has 0 radical (unpaired) electrons. The molecular weight excluding hydrogens is 388 g/mol. The van der Waals surface area contributed by atoms with Crippen LogP contribution in [0, 0.1) is 0 Å². The van der Waals surface area contributed by atoms with Crippen molar-refractivity contribution in [3.8, 4) is 0 Å². The third-order valence-electron chi connectivity index (χ3n) is 6.47. The predicted molar refractivity (Wildman–Crippen MR) is 137 cm³/mol. The van der Waals surface area contributed by atoms with Crippen molar-refractivity contribution in [2.24, 2.45) is 0 Å². The minimum Gasteiger partial charge on any atom is -0.493 e. The molecule has 1 aliphatic heterocycles. The lowest BCUT2D eigenvalue weighted by Gasteiger charge is -2.11. The minimum absolute atomic E-state index is 0.887. The molecule has 0 fully saturated rings. The Morgan fingerprint density at radius 1 is 0.594 bits per heavy atom. The molecule has 0 saturated heterocycles. The van der Waals surface area contributed by atoms with Crippen molar-refractivity contribution < 1.29 is 4.70 Å². The predicted octanol–water partition coefficient (Wildman–Crippen LogP) is 9.14. The molecule has 3 rings (SSSR count). The van der Waals surface area contributed by atoms with Gasteiger partial charge in [0, 0.05) is 22.8 Å². The van der Waals surface area contributed by atoms with Crippen LogP contribution in [0.15, 0.2) is 60.2 Å². The normalized spacial score (nSPS) is 13.7. The van der Waals surface area contributed by atoms with Crippen LogP contribution >= 0.6 is 0 Å². The van der Waals surface area contributed by atoms with Crippen LogP contribution in [0.4, 0.5) is 0 Å². The molecule has 2 nitrogen and oxygen atoms in total. The smallest absolute Gasteiger partial charge is 0.210 e. The van der Waals surface area contributed by atoms with Crippen molar-refractivity contribution >= 4 is 11.4 Å². The van der Waals surface area contributed by atoms with Gasteiger partial charge in [0.25, 0.3) is 0 Å². The van der Waals surface area contributed by atoms with Gasteiger partial charge in [-0.05, 0) is 73.9 Å². The van der Waals surface area contributed by atoms with Gasteiger partial charge in [-0.1, -0.05) is 77.1 Å². The summed E-state index contributed by atoms with van der Waals surface area (Å²) in [6.07, 6.45) is 15.3. The molecule has 0 amide bonds. The van der Waals surface area contributed by atoms with E-state index in [2.05, 4.69) is 75.4 Å². The Balaban J connectivity index is 1.78. The molecule has 0 atom stereocenters. The van der Waals surface area contributed by atoms with E-state index in [1.54, 1.807) is 0 Å². The fourth-order valence-corrected chi connectivity index (χ4v) is 4.45. The van der Waals surface area contributed by atoms with Gasteiger partial charge in [-0.15, -0.1) is 0 Å². The largest absolute Gasteiger partial charge is 0.493 e. The molecule has 1 aliphatic rings. The molecule has 0 aliphatic carbocycles. The number of nitrogens with zero attached hydrogens (tertiary/aromatic N) is 2. The second-order valence-corrected chi connectivity index (χ2v) is 9.13. The van der Waals surface area contributed by atoms with Crippen molar-refractivity contribution in [3.05, 3.63) is 88.0 Å². The lowest BCUT2D eigenvalue weighted by Crippen LogP contribution is -2.02. The summed E-state index contributed by atoms with van der Waals surface area (Å²) in [7, 11) is 0. The van der Waals surface area contributed by atoms with Crippen LogP contribution in [0.2, 0.25) is 0 Å². The van der Waals surface area contributed by atoms with Gasteiger partial charge in [-0.2, -0.15) is 0 Å². The number of hydrogen-bond acceptors (Lipinski definition) is 0. The van der Waals surface area contributed by atoms with Gasteiger partial charge < -0.3 is 5.53 Å². The van der Waals surface area contributed by atoms with Gasteiger partial charge in [0.15, 0.2) is 0 Å². The van der Waals surface area contributed by atoms with Crippen molar-refractivity contribution in [2.75, 3.05) is 0 Å². The molecule has 0 spiro atoms. The zero-order valence-electron chi connectivity index (χ0n) is 20.4.